The van der Waals surface area contributed by atoms with Gasteiger partial charge < -0.3 is 20.6 Å². The van der Waals surface area contributed by atoms with E-state index < -0.39 is 0 Å². The first-order chi connectivity index (χ1) is 17.7. The summed E-state index contributed by atoms with van der Waals surface area (Å²) in [4.78, 5) is 16.9. The molecule has 3 aromatic carbocycles. The zero-order valence-corrected chi connectivity index (χ0v) is 20.0. The highest BCUT2D eigenvalue weighted by Gasteiger charge is 2.47. The van der Waals surface area contributed by atoms with Gasteiger partial charge in [-0.25, -0.2) is 9.97 Å². The first-order valence-corrected chi connectivity index (χ1v) is 13.4. The number of rotatable bonds is 4. The standard InChI is InChI=1S/C30H28N6/c1-2-16(18-6-8-22-26(10-18)36-30(34-22)28-14-20-12-24(20)32-28)4-3-15(1)17-5-7-21-25(9-17)35-29(33-21)27-13-19-11-23(19)31-27/h1-10,19-20,23-24,27-28,31-32H,11-14H2,(H,33,35)(H,34,36)/t19-,20-,23-,24-,27+,28+/m1/s1. The normalized spacial score (nSPS) is 30.1. The number of piperidine rings is 2. The lowest BCUT2D eigenvalue weighted by Gasteiger charge is -2.08. The summed E-state index contributed by atoms with van der Waals surface area (Å²) in [5.41, 5.74) is 9.17. The average Bonchev–Trinajstić information content (AvgIpc) is 3.51. The number of H-pyrrole nitrogens is 2. The monoisotopic (exact) mass is 472 g/mol. The van der Waals surface area contributed by atoms with Crippen molar-refractivity contribution in [1.82, 2.24) is 30.6 Å². The highest BCUT2D eigenvalue weighted by molar-refractivity contribution is 5.84. The molecule has 0 radical (unpaired) electrons. The van der Waals surface area contributed by atoms with Crippen molar-refractivity contribution in [3.05, 3.63) is 72.3 Å². The van der Waals surface area contributed by atoms with Crippen LogP contribution >= 0.6 is 0 Å². The Hall–Kier alpha value is -3.48. The number of imidazole rings is 2. The number of fused-ring (bicyclic) bond motifs is 4. The molecule has 4 N–H and O–H groups in total. The smallest absolute Gasteiger partial charge is 0.124 e. The van der Waals surface area contributed by atoms with Crippen molar-refractivity contribution in [3.8, 4) is 22.3 Å². The minimum Gasteiger partial charge on any atom is -0.341 e. The van der Waals surface area contributed by atoms with E-state index >= 15 is 0 Å². The lowest BCUT2D eigenvalue weighted by atomic mass is 10.00. The Morgan fingerprint density at radius 2 is 0.972 bits per heavy atom. The van der Waals surface area contributed by atoms with E-state index in [2.05, 4.69) is 81.3 Å². The van der Waals surface area contributed by atoms with Crippen LogP contribution in [0.25, 0.3) is 44.3 Å². The van der Waals surface area contributed by atoms with E-state index in [4.69, 9.17) is 9.97 Å². The van der Waals surface area contributed by atoms with Crippen molar-refractivity contribution in [1.29, 1.82) is 0 Å². The highest BCUT2D eigenvalue weighted by atomic mass is 15.1. The van der Waals surface area contributed by atoms with Crippen LogP contribution < -0.4 is 10.6 Å². The van der Waals surface area contributed by atoms with Crippen molar-refractivity contribution < 1.29 is 0 Å². The third kappa shape index (κ3) is 3.11. The second kappa shape index (κ2) is 7.05. The predicted molar refractivity (Wildman–Crippen MR) is 141 cm³/mol. The van der Waals surface area contributed by atoms with Crippen LogP contribution in [-0.2, 0) is 0 Å². The second-order valence-electron chi connectivity index (χ2n) is 11.4. The van der Waals surface area contributed by atoms with E-state index in [1.54, 1.807) is 0 Å². The first-order valence-electron chi connectivity index (χ1n) is 13.4. The maximum absolute atomic E-state index is 4.87. The van der Waals surface area contributed by atoms with Gasteiger partial charge in [0, 0.05) is 12.1 Å². The molecule has 36 heavy (non-hydrogen) atoms. The fourth-order valence-corrected chi connectivity index (χ4v) is 6.67. The summed E-state index contributed by atoms with van der Waals surface area (Å²) in [5.74, 6) is 3.90. The Labute approximate surface area is 208 Å². The van der Waals surface area contributed by atoms with Crippen LogP contribution in [0.1, 0.15) is 49.4 Å². The number of aromatic nitrogens is 4. The number of hydrogen-bond donors (Lipinski definition) is 4. The zero-order chi connectivity index (χ0) is 23.4. The summed E-state index contributed by atoms with van der Waals surface area (Å²) >= 11 is 0. The summed E-state index contributed by atoms with van der Waals surface area (Å²) in [7, 11) is 0. The molecular formula is C30H28N6. The molecular weight excluding hydrogens is 444 g/mol. The molecule has 0 bridgehead atoms. The SMILES string of the molecule is c1cc(-c2ccc3nc([C@@H]4C[C@H]5C[C@H]5N4)[nH]c3c2)ccc1-c1ccc2nc([C@@H]3C[C@H]4C[C@H]4N3)[nH]c2c1. The van der Waals surface area contributed by atoms with Crippen LogP contribution in [0, 0.1) is 11.8 Å². The van der Waals surface area contributed by atoms with E-state index in [0.717, 1.165) is 57.6 Å². The maximum atomic E-state index is 4.87. The van der Waals surface area contributed by atoms with E-state index in [1.165, 1.54) is 47.9 Å². The van der Waals surface area contributed by atoms with Crippen LogP contribution in [-0.4, -0.2) is 32.0 Å². The highest BCUT2D eigenvalue weighted by Crippen LogP contribution is 2.46. The quantitative estimate of drug-likeness (QED) is 0.274. The molecule has 0 spiro atoms. The molecule has 5 aromatic rings. The largest absolute Gasteiger partial charge is 0.341 e. The molecule has 178 valence electrons. The fraction of sp³-hybridized carbons (Fsp3) is 0.333. The van der Waals surface area contributed by atoms with Gasteiger partial charge >= 0.3 is 0 Å². The Morgan fingerprint density at radius 3 is 1.39 bits per heavy atom. The molecule has 6 heteroatoms. The second-order valence-corrected chi connectivity index (χ2v) is 11.4. The molecule has 2 aliphatic heterocycles. The van der Waals surface area contributed by atoms with Gasteiger partial charge in [-0.1, -0.05) is 36.4 Å². The molecule has 4 heterocycles. The molecule has 4 aliphatic rings. The Bertz CT molecular complexity index is 1500. The van der Waals surface area contributed by atoms with Crippen molar-refractivity contribution in [3.63, 3.8) is 0 Å². The van der Waals surface area contributed by atoms with Crippen molar-refractivity contribution in [2.75, 3.05) is 0 Å². The molecule has 4 fully saturated rings. The molecule has 2 saturated heterocycles. The Kier molecular flexibility index (Phi) is 3.86. The molecule has 0 amide bonds. The fourth-order valence-electron chi connectivity index (χ4n) is 6.67. The van der Waals surface area contributed by atoms with E-state index in [0.29, 0.717) is 12.1 Å². The van der Waals surface area contributed by atoms with Crippen molar-refractivity contribution in [2.24, 2.45) is 11.8 Å². The third-order valence-corrected chi connectivity index (χ3v) is 8.96. The Morgan fingerprint density at radius 1 is 0.528 bits per heavy atom. The Balaban J connectivity index is 0.980. The van der Waals surface area contributed by atoms with Crippen molar-refractivity contribution >= 4 is 22.1 Å². The van der Waals surface area contributed by atoms with Gasteiger partial charge in [-0.2, -0.15) is 0 Å². The lowest BCUT2D eigenvalue weighted by Crippen LogP contribution is -2.18. The number of hydrogen-bond acceptors (Lipinski definition) is 4. The maximum Gasteiger partial charge on any atom is 0.124 e. The van der Waals surface area contributed by atoms with E-state index in [9.17, 15) is 0 Å². The van der Waals surface area contributed by atoms with Crippen molar-refractivity contribution in [2.45, 2.75) is 49.9 Å². The zero-order valence-electron chi connectivity index (χ0n) is 20.0. The molecule has 2 aliphatic carbocycles. The molecule has 0 unspecified atom stereocenters. The summed E-state index contributed by atoms with van der Waals surface area (Å²) in [6, 6.07) is 24.2. The van der Waals surface area contributed by atoms with E-state index in [-0.39, 0.29) is 0 Å². The lowest BCUT2D eigenvalue weighted by molar-refractivity contribution is 0.544. The third-order valence-electron chi connectivity index (χ3n) is 8.96. The van der Waals surface area contributed by atoms with Gasteiger partial charge in [0.05, 0.1) is 34.2 Å². The van der Waals surface area contributed by atoms with Gasteiger partial charge in [-0.15, -0.1) is 0 Å². The minimum atomic E-state index is 0.382. The number of benzene rings is 3. The molecule has 9 rings (SSSR count). The van der Waals surface area contributed by atoms with Gasteiger partial charge in [-0.3, -0.25) is 0 Å². The van der Waals surface area contributed by atoms with Crippen LogP contribution in [0.3, 0.4) is 0 Å². The van der Waals surface area contributed by atoms with Gasteiger partial charge in [0.1, 0.15) is 11.6 Å². The molecule has 6 atom stereocenters. The van der Waals surface area contributed by atoms with Gasteiger partial charge in [0.25, 0.3) is 0 Å². The molecule has 6 nitrogen and oxygen atoms in total. The van der Waals surface area contributed by atoms with Crippen LogP contribution in [0.4, 0.5) is 0 Å². The minimum absolute atomic E-state index is 0.382. The predicted octanol–water partition coefficient (Wildman–Crippen LogP) is 5.62. The van der Waals surface area contributed by atoms with E-state index in [1.807, 2.05) is 0 Å². The van der Waals surface area contributed by atoms with Gasteiger partial charge in [-0.05, 0) is 84.0 Å². The molecule has 2 saturated carbocycles. The van der Waals surface area contributed by atoms with Crippen LogP contribution in [0.15, 0.2) is 60.7 Å². The molecule has 2 aromatic heterocycles. The summed E-state index contributed by atoms with van der Waals surface area (Å²) in [5, 5.41) is 7.40. The van der Waals surface area contributed by atoms with Crippen LogP contribution in [0.2, 0.25) is 0 Å². The summed E-state index contributed by atoms with van der Waals surface area (Å²) < 4.78 is 0. The van der Waals surface area contributed by atoms with Gasteiger partial charge in [0.15, 0.2) is 0 Å². The topological polar surface area (TPSA) is 81.4 Å². The summed E-state index contributed by atoms with van der Waals surface area (Å²) in [6.07, 6.45) is 5.10. The van der Waals surface area contributed by atoms with Gasteiger partial charge in [0.2, 0.25) is 0 Å². The summed E-state index contributed by atoms with van der Waals surface area (Å²) in [6.45, 7) is 0. The average molecular weight is 473 g/mol. The number of nitrogens with zero attached hydrogens (tertiary/aromatic N) is 2. The first kappa shape index (κ1) is 19.7. The van der Waals surface area contributed by atoms with Crippen LogP contribution in [0.5, 0.6) is 0 Å². The number of aromatic amines is 2. The number of nitrogens with one attached hydrogen (secondary N) is 4.